The fourth-order valence-corrected chi connectivity index (χ4v) is 5.37. The normalized spacial score (nSPS) is 25.4. The van der Waals surface area contributed by atoms with E-state index in [1.807, 2.05) is 38.1 Å². The van der Waals surface area contributed by atoms with Crippen molar-refractivity contribution in [2.45, 2.75) is 32.6 Å². The molecule has 0 aromatic heterocycles. The predicted octanol–water partition coefficient (Wildman–Crippen LogP) is 3.82. The monoisotopic (exact) mass is 451 g/mol. The number of benzene rings is 2. The summed E-state index contributed by atoms with van der Waals surface area (Å²) in [6.45, 7) is 5.57. The van der Waals surface area contributed by atoms with Gasteiger partial charge in [0.05, 0.1) is 34.9 Å². The minimum atomic E-state index is -0.390. The first-order chi connectivity index (χ1) is 15.4. The fraction of sp³-hybridized carbons (Fsp3) is 0.292. The summed E-state index contributed by atoms with van der Waals surface area (Å²) in [5, 5.41) is 0.613. The van der Waals surface area contributed by atoms with Gasteiger partial charge in [0.15, 0.2) is 5.17 Å². The summed E-state index contributed by atoms with van der Waals surface area (Å²) < 4.78 is 19.1. The van der Waals surface area contributed by atoms with E-state index < -0.39 is 5.91 Å². The van der Waals surface area contributed by atoms with Gasteiger partial charge in [-0.15, -0.1) is 0 Å². The zero-order chi connectivity index (χ0) is 22.4. The van der Waals surface area contributed by atoms with Gasteiger partial charge in [0.1, 0.15) is 5.82 Å². The lowest BCUT2D eigenvalue weighted by Crippen LogP contribution is -2.47. The van der Waals surface area contributed by atoms with E-state index in [9.17, 15) is 14.0 Å². The molecular formula is C24H22FN3O3S. The number of rotatable bonds is 2. The van der Waals surface area contributed by atoms with Crippen molar-refractivity contribution in [3.05, 3.63) is 70.4 Å². The Labute approximate surface area is 189 Å². The van der Waals surface area contributed by atoms with Crippen LogP contribution in [0.15, 0.2) is 58.4 Å². The summed E-state index contributed by atoms with van der Waals surface area (Å²) in [7, 11) is 0. The number of carbonyl (C=O) groups excluding carboxylic acids is 2. The van der Waals surface area contributed by atoms with E-state index in [4.69, 9.17) is 4.74 Å². The van der Waals surface area contributed by atoms with Crippen LogP contribution in [0.1, 0.15) is 25.0 Å². The van der Waals surface area contributed by atoms with Gasteiger partial charge in [-0.25, -0.2) is 4.39 Å². The predicted molar refractivity (Wildman–Crippen MR) is 123 cm³/mol. The van der Waals surface area contributed by atoms with Gasteiger partial charge in [-0.3, -0.25) is 9.59 Å². The van der Waals surface area contributed by atoms with Crippen LogP contribution in [-0.2, 0) is 20.9 Å². The van der Waals surface area contributed by atoms with Gasteiger partial charge in [0, 0.05) is 18.7 Å². The van der Waals surface area contributed by atoms with Crippen LogP contribution in [0.4, 0.5) is 10.1 Å². The molecule has 2 amide bonds. The van der Waals surface area contributed by atoms with E-state index in [0.717, 1.165) is 16.8 Å². The van der Waals surface area contributed by atoms with Crippen molar-refractivity contribution in [3.8, 4) is 0 Å². The van der Waals surface area contributed by atoms with Crippen LogP contribution in [0.2, 0.25) is 0 Å². The summed E-state index contributed by atoms with van der Waals surface area (Å²) in [6.07, 6.45) is 0.0720. The molecule has 2 unspecified atom stereocenters. The number of para-hydroxylation sites is 1. The van der Waals surface area contributed by atoms with Gasteiger partial charge in [-0.05, 0) is 49.4 Å². The molecule has 0 N–H and O–H groups in total. The number of morpholine rings is 1. The highest BCUT2D eigenvalue weighted by atomic mass is 32.2. The fourth-order valence-electron chi connectivity index (χ4n) is 4.35. The lowest BCUT2D eigenvalue weighted by Gasteiger charge is -2.35. The van der Waals surface area contributed by atoms with Crippen molar-refractivity contribution in [1.82, 2.24) is 4.90 Å². The molecule has 2 aromatic rings. The van der Waals surface area contributed by atoms with Crippen molar-refractivity contribution < 1.29 is 18.7 Å². The first-order valence-electron chi connectivity index (χ1n) is 10.5. The molecule has 0 saturated carbocycles. The highest BCUT2D eigenvalue weighted by Crippen LogP contribution is 2.44. The Hall–Kier alpha value is -2.97. The molecule has 164 valence electrons. The number of thioether (sulfide) groups is 1. The largest absolute Gasteiger partial charge is 0.372 e. The van der Waals surface area contributed by atoms with Crippen LogP contribution in [0.25, 0.3) is 5.57 Å². The smallest absolute Gasteiger partial charge is 0.287 e. The van der Waals surface area contributed by atoms with E-state index in [1.54, 1.807) is 17.0 Å². The number of hydrogen-bond donors (Lipinski definition) is 0. The van der Waals surface area contributed by atoms with Gasteiger partial charge in [-0.1, -0.05) is 30.3 Å². The first-order valence-corrected chi connectivity index (χ1v) is 11.3. The Morgan fingerprint density at radius 3 is 2.47 bits per heavy atom. The Morgan fingerprint density at radius 2 is 1.75 bits per heavy atom. The van der Waals surface area contributed by atoms with Gasteiger partial charge in [0.2, 0.25) is 0 Å². The Kier molecular flexibility index (Phi) is 5.35. The van der Waals surface area contributed by atoms with Gasteiger partial charge >= 0.3 is 0 Å². The summed E-state index contributed by atoms with van der Waals surface area (Å²) in [5.41, 5.74) is 2.64. The Morgan fingerprint density at radius 1 is 1.06 bits per heavy atom. The van der Waals surface area contributed by atoms with E-state index in [-0.39, 0.29) is 30.5 Å². The number of nitrogens with zero attached hydrogens (tertiary/aromatic N) is 3. The minimum Gasteiger partial charge on any atom is -0.372 e. The Balaban J connectivity index is 1.47. The van der Waals surface area contributed by atoms with Crippen LogP contribution in [-0.4, -0.2) is 47.2 Å². The summed E-state index contributed by atoms with van der Waals surface area (Å²) in [5.74, 6) is -0.959. The van der Waals surface area contributed by atoms with Gasteiger partial charge in [-0.2, -0.15) is 4.99 Å². The maximum atomic E-state index is 13.5. The molecule has 0 spiro atoms. The van der Waals surface area contributed by atoms with Crippen molar-refractivity contribution in [2.24, 2.45) is 4.99 Å². The van der Waals surface area contributed by atoms with Crippen LogP contribution < -0.4 is 4.90 Å². The summed E-state index contributed by atoms with van der Waals surface area (Å²) in [4.78, 5) is 34.7. The van der Waals surface area contributed by atoms with Crippen LogP contribution in [0.5, 0.6) is 0 Å². The van der Waals surface area contributed by atoms with E-state index in [1.165, 1.54) is 23.9 Å². The summed E-state index contributed by atoms with van der Waals surface area (Å²) >= 11 is 1.26. The molecule has 0 aliphatic carbocycles. The summed E-state index contributed by atoms with van der Waals surface area (Å²) in [6, 6.07) is 13.5. The number of amides is 2. The standard InChI is InChI=1S/C24H22FN3O3S/c1-14-11-27(12-15(2)31-14)24-26-22(29)21(32-24)20-18-5-3-4-6-19(18)28(23(20)30)13-16-7-9-17(25)10-8-16/h3-10,14-15H,11-13H2,1-2H3. The number of ether oxygens (including phenoxy) is 1. The van der Waals surface area contributed by atoms with Crippen molar-refractivity contribution in [1.29, 1.82) is 0 Å². The molecule has 3 aliphatic rings. The lowest BCUT2D eigenvalue weighted by atomic mass is 10.1. The van der Waals surface area contributed by atoms with Crippen LogP contribution >= 0.6 is 11.8 Å². The molecule has 2 aromatic carbocycles. The number of anilines is 1. The zero-order valence-corrected chi connectivity index (χ0v) is 18.6. The number of hydrogen-bond acceptors (Lipinski definition) is 5. The number of halogens is 1. The molecule has 0 radical (unpaired) electrons. The quantitative estimate of drug-likeness (QED) is 0.650. The maximum Gasteiger partial charge on any atom is 0.287 e. The third-order valence-electron chi connectivity index (χ3n) is 5.68. The molecule has 2 atom stereocenters. The van der Waals surface area contributed by atoms with Crippen LogP contribution in [0, 0.1) is 5.82 Å². The third kappa shape index (κ3) is 3.73. The SMILES string of the molecule is CC1CN(C2=NC(=O)C(=C3C(=O)N(Cc4ccc(F)cc4)c4ccccc43)S2)CC(C)O1. The van der Waals surface area contributed by atoms with Crippen LogP contribution in [0.3, 0.4) is 0 Å². The van der Waals surface area contributed by atoms with Gasteiger partial charge < -0.3 is 14.5 Å². The molecule has 6 nitrogen and oxygen atoms in total. The molecule has 3 heterocycles. The second kappa shape index (κ2) is 8.18. The molecule has 3 aliphatic heterocycles. The van der Waals surface area contributed by atoms with E-state index in [0.29, 0.717) is 28.7 Å². The molecule has 1 saturated heterocycles. The Bertz CT molecular complexity index is 1150. The highest BCUT2D eigenvalue weighted by Gasteiger charge is 2.40. The minimum absolute atomic E-state index is 0.0360. The molecule has 8 heteroatoms. The molecule has 5 rings (SSSR count). The zero-order valence-electron chi connectivity index (χ0n) is 17.7. The van der Waals surface area contributed by atoms with E-state index >= 15 is 0 Å². The van der Waals surface area contributed by atoms with Crippen molar-refractivity contribution in [2.75, 3.05) is 18.0 Å². The number of aliphatic imine (C=N–C) groups is 1. The average Bonchev–Trinajstić information content (AvgIpc) is 3.26. The maximum absolute atomic E-state index is 13.5. The lowest BCUT2D eigenvalue weighted by molar-refractivity contribution is -0.115. The number of amidine groups is 1. The highest BCUT2D eigenvalue weighted by molar-refractivity contribution is 8.18. The molecule has 32 heavy (non-hydrogen) atoms. The van der Waals surface area contributed by atoms with Crippen molar-refractivity contribution >= 4 is 40.0 Å². The topological polar surface area (TPSA) is 62.2 Å². The van der Waals surface area contributed by atoms with Gasteiger partial charge in [0.25, 0.3) is 11.8 Å². The molecule has 0 bridgehead atoms. The second-order valence-electron chi connectivity index (χ2n) is 8.20. The van der Waals surface area contributed by atoms with Crippen molar-refractivity contribution in [3.63, 3.8) is 0 Å². The second-order valence-corrected chi connectivity index (χ2v) is 9.18. The van der Waals surface area contributed by atoms with E-state index in [2.05, 4.69) is 9.89 Å². The number of carbonyl (C=O) groups is 2. The molecule has 1 fully saturated rings. The molecular weight excluding hydrogens is 429 g/mol. The number of fused-ring (bicyclic) bond motifs is 1. The third-order valence-corrected chi connectivity index (χ3v) is 6.79. The average molecular weight is 452 g/mol. The first kappa shape index (κ1) is 20.9.